The van der Waals surface area contributed by atoms with E-state index in [0.29, 0.717) is 30.9 Å². The minimum atomic E-state index is -0.454. The lowest BCUT2D eigenvalue weighted by atomic mass is 9.47. The molecule has 3 atom stereocenters. The van der Waals surface area contributed by atoms with Crippen molar-refractivity contribution in [3.05, 3.63) is 28.5 Å². The van der Waals surface area contributed by atoms with Crippen LogP contribution in [0.5, 0.6) is 0 Å². The van der Waals surface area contributed by atoms with E-state index in [1.807, 2.05) is 18.3 Å². The lowest BCUT2D eigenvalue weighted by molar-refractivity contribution is -0.151. The van der Waals surface area contributed by atoms with Crippen molar-refractivity contribution in [1.82, 2.24) is 15.2 Å². The van der Waals surface area contributed by atoms with Crippen molar-refractivity contribution in [1.29, 1.82) is 0 Å². The Balaban J connectivity index is 1.20. The van der Waals surface area contributed by atoms with Crippen molar-refractivity contribution >= 4 is 27.7 Å². The number of hydrogen-bond donors (Lipinski definition) is 2. The molecule has 2 amide bonds. The first-order valence-corrected chi connectivity index (χ1v) is 11.8. The lowest BCUT2D eigenvalue weighted by Crippen LogP contribution is -2.63. The molecule has 4 bridgehead atoms. The molecule has 0 spiro atoms. The Labute approximate surface area is 185 Å². The maximum absolute atomic E-state index is 13.1. The highest BCUT2D eigenvalue weighted by Gasteiger charge is 2.58. The van der Waals surface area contributed by atoms with Gasteiger partial charge in [0.1, 0.15) is 10.7 Å². The maximum atomic E-state index is 13.1. The summed E-state index contributed by atoms with van der Waals surface area (Å²) < 4.78 is 6.65. The monoisotopic (exact) mass is 476 g/mol. The number of nitrogens with one attached hydrogen (secondary N) is 1. The third-order valence-electron chi connectivity index (χ3n) is 7.74. The van der Waals surface area contributed by atoms with Crippen molar-refractivity contribution in [2.45, 2.75) is 50.8 Å². The second kappa shape index (κ2) is 7.88. The van der Waals surface area contributed by atoms with Gasteiger partial charge in [-0.05, 0) is 77.4 Å². The normalized spacial score (nSPS) is 37.8. The third-order valence-corrected chi connectivity index (χ3v) is 8.21. The summed E-state index contributed by atoms with van der Waals surface area (Å²) in [5.41, 5.74) is 6.58. The second-order valence-corrected chi connectivity index (χ2v) is 10.5. The van der Waals surface area contributed by atoms with Crippen LogP contribution in [0.2, 0.25) is 0 Å². The van der Waals surface area contributed by atoms with Gasteiger partial charge in [-0.1, -0.05) is 6.07 Å². The van der Waals surface area contributed by atoms with Gasteiger partial charge in [0.05, 0.1) is 6.61 Å². The van der Waals surface area contributed by atoms with Crippen LogP contribution in [0.15, 0.2) is 22.9 Å². The molecule has 1 aliphatic heterocycles. The first-order valence-electron chi connectivity index (χ1n) is 11.0. The SMILES string of the molecule is NC(=O)C12CC3CC(C1)C(NC(=O)[C@H]1CN(Cc4ccc(Br)nc4)CCO1)C(C3)C2. The standard InChI is InChI=1S/C22H29BrN4O3/c23-18-2-1-13(10-25-18)11-27-3-4-30-17(12-27)20(28)26-19-15-5-14-6-16(19)9-22(7-14,8-15)21(24)29/h1-2,10,14-17,19H,3-9,11-12H2,(H2,24,29)(H,26,28)/t14?,15?,16?,17-,19?,22?/m1/s1. The number of nitrogens with zero attached hydrogens (tertiary/aromatic N) is 2. The molecule has 2 heterocycles. The number of nitrogens with two attached hydrogens (primary N) is 1. The van der Waals surface area contributed by atoms with Crippen LogP contribution in [0.3, 0.4) is 0 Å². The van der Waals surface area contributed by atoms with Gasteiger partial charge >= 0.3 is 0 Å². The van der Waals surface area contributed by atoms with Gasteiger partial charge in [0.2, 0.25) is 5.91 Å². The average Bonchev–Trinajstić information content (AvgIpc) is 2.72. The second-order valence-electron chi connectivity index (χ2n) is 9.73. The van der Waals surface area contributed by atoms with Crippen LogP contribution < -0.4 is 11.1 Å². The quantitative estimate of drug-likeness (QED) is 0.631. The van der Waals surface area contributed by atoms with Crippen LogP contribution in [-0.2, 0) is 20.9 Å². The number of primary amides is 1. The molecule has 6 rings (SSSR count). The molecule has 3 N–H and O–H groups in total. The van der Waals surface area contributed by atoms with E-state index in [2.05, 4.69) is 31.1 Å². The molecule has 7 nitrogen and oxygen atoms in total. The van der Waals surface area contributed by atoms with E-state index in [1.54, 1.807) is 0 Å². The van der Waals surface area contributed by atoms with E-state index in [0.717, 1.165) is 55.4 Å². The van der Waals surface area contributed by atoms with Crippen LogP contribution in [0, 0.1) is 23.2 Å². The molecule has 4 aliphatic carbocycles. The van der Waals surface area contributed by atoms with E-state index in [9.17, 15) is 9.59 Å². The fraction of sp³-hybridized carbons (Fsp3) is 0.682. The zero-order valence-electron chi connectivity index (χ0n) is 17.1. The molecule has 4 saturated carbocycles. The number of amides is 2. The van der Waals surface area contributed by atoms with E-state index >= 15 is 0 Å². The van der Waals surface area contributed by atoms with Gasteiger partial charge in [0.15, 0.2) is 0 Å². The van der Waals surface area contributed by atoms with Gasteiger partial charge in [-0.15, -0.1) is 0 Å². The van der Waals surface area contributed by atoms with E-state index < -0.39 is 6.10 Å². The summed E-state index contributed by atoms with van der Waals surface area (Å²) >= 11 is 3.36. The largest absolute Gasteiger partial charge is 0.369 e. The van der Waals surface area contributed by atoms with Gasteiger partial charge in [0, 0.05) is 37.3 Å². The topological polar surface area (TPSA) is 97.5 Å². The molecule has 1 saturated heterocycles. The van der Waals surface area contributed by atoms with Crippen LogP contribution in [0.25, 0.3) is 0 Å². The zero-order valence-corrected chi connectivity index (χ0v) is 18.6. The number of morpholine rings is 1. The number of carbonyl (C=O) groups excluding carboxylic acids is 2. The minimum absolute atomic E-state index is 0.0146. The first-order chi connectivity index (χ1) is 14.4. The number of rotatable bonds is 5. The van der Waals surface area contributed by atoms with Gasteiger partial charge < -0.3 is 15.8 Å². The Kier molecular flexibility index (Phi) is 5.35. The number of aromatic nitrogens is 1. The van der Waals surface area contributed by atoms with Crippen LogP contribution in [0.1, 0.15) is 37.7 Å². The number of ether oxygens (including phenoxy) is 1. The van der Waals surface area contributed by atoms with Gasteiger partial charge in [0.25, 0.3) is 5.91 Å². The van der Waals surface area contributed by atoms with Crippen molar-refractivity contribution in [3.63, 3.8) is 0 Å². The van der Waals surface area contributed by atoms with Gasteiger partial charge in [-0.25, -0.2) is 4.98 Å². The summed E-state index contributed by atoms with van der Waals surface area (Å²) in [6, 6.07) is 4.13. The highest BCUT2D eigenvalue weighted by atomic mass is 79.9. The molecule has 2 unspecified atom stereocenters. The summed E-state index contributed by atoms with van der Waals surface area (Å²) in [7, 11) is 0. The molecule has 0 aromatic carbocycles. The van der Waals surface area contributed by atoms with E-state index in [1.165, 1.54) is 0 Å². The Morgan fingerprint density at radius 3 is 2.70 bits per heavy atom. The maximum Gasteiger partial charge on any atom is 0.250 e. The molecule has 1 aromatic rings. The fourth-order valence-corrected chi connectivity index (χ4v) is 6.82. The molecule has 5 aliphatic rings. The molecule has 1 aromatic heterocycles. The summed E-state index contributed by atoms with van der Waals surface area (Å²) in [5, 5.41) is 3.32. The minimum Gasteiger partial charge on any atom is -0.369 e. The van der Waals surface area contributed by atoms with Crippen molar-refractivity contribution in [2.75, 3.05) is 19.7 Å². The number of halogens is 1. The predicted octanol–water partition coefficient (Wildman–Crippen LogP) is 1.84. The molecule has 30 heavy (non-hydrogen) atoms. The van der Waals surface area contributed by atoms with Gasteiger partial charge in [-0.2, -0.15) is 0 Å². The predicted molar refractivity (Wildman–Crippen MR) is 114 cm³/mol. The van der Waals surface area contributed by atoms with Crippen LogP contribution in [-0.4, -0.2) is 53.5 Å². The Bertz CT molecular complexity index is 816. The molecule has 0 radical (unpaired) electrons. The van der Waals surface area contributed by atoms with Crippen LogP contribution >= 0.6 is 15.9 Å². The Morgan fingerprint density at radius 1 is 1.27 bits per heavy atom. The molecule has 5 fully saturated rings. The first kappa shape index (κ1) is 20.4. The molecular formula is C22H29BrN4O3. The fourth-order valence-electron chi connectivity index (χ4n) is 6.58. The Morgan fingerprint density at radius 2 is 2.03 bits per heavy atom. The Hall–Kier alpha value is -1.51. The van der Waals surface area contributed by atoms with E-state index in [4.69, 9.17) is 10.5 Å². The summed E-state index contributed by atoms with van der Waals surface area (Å²) in [6.45, 7) is 2.69. The number of hydrogen-bond acceptors (Lipinski definition) is 5. The highest BCUT2D eigenvalue weighted by molar-refractivity contribution is 9.10. The summed E-state index contributed by atoms with van der Waals surface area (Å²) in [6.07, 6.45) is 6.21. The van der Waals surface area contributed by atoms with Crippen LogP contribution in [0.4, 0.5) is 0 Å². The van der Waals surface area contributed by atoms with Gasteiger partial charge in [-0.3, -0.25) is 14.5 Å². The number of pyridine rings is 1. The molecule has 8 heteroatoms. The summed E-state index contributed by atoms with van der Waals surface area (Å²) in [4.78, 5) is 31.7. The van der Waals surface area contributed by atoms with Crippen molar-refractivity contribution in [3.8, 4) is 0 Å². The molecular weight excluding hydrogens is 448 g/mol. The zero-order chi connectivity index (χ0) is 20.9. The smallest absolute Gasteiger partial charge is 0.250 e. The summed E-state index contributed by atoms with van der Waals surface area (Å²) in [5.74, 6) is 1.16. The van der Waals surface area contributed by atoms with Crippen molar-refractivity contribution in [2.24, 2.45) is 28.9 Å². The highest BCUT2D eigenvalue weighted by Crippen LogP contribution is 2.59. The third kappa shape index (κ3) is 3.78. The average molecular weight is 477 g/mol. The number of carbonyl (C=O) groups is 2. The lowest BCUT2D eigenvalue weighted by Gasteiger charge is -2.59. The van der Waals surface area contributed by atoms with Crippen molar-refractivity contribution < 1.29 is 14.3 Å². The van der Waals surface area contributed by atoms with E-state index in [-0.39, 0.29) is 23.3 Å². The molecule has 162 valence electrons.